The van der Waals surface area contributed by atoms with Crippen molar-refractivity contribution in [2.45, 2.75) is 0 Å². The van der Waals surface area contributed by atoms with Crippen molar-refractivity contribution in [1.82, 2.24) is 0 Å². The quantitative estimate of drug-likeness (QED) is 0.469. The molecule has 1 aromatic rings. The van der Waals surface area contributed by atoms with E-state index in [2.05, 4.69) is 12.2 Å². The van der Waals surface area contributed by atoms with E-state index in [1.165, 1.54) is 13.2 Å². The maximum Gasteiger partial charge on any atom is 0.274 e. The summed E-state index contributed by atoms with van der Waals surface area (Å²) in [6, 6.07) is 2.32. The zero-order valence-corrected chi connectivity index (χ0v) is 8.08. The molecule has 5 nitrogen and oxygen atoms in total. The number of nitro groups is 1. The second-order valence-corrected chi connectivity index (χ2v) is 2.70. The molecule has 0 amide bonds. The molecule has 1 rings (SSSR count). The van der Waals surface area contributed by atoms with E-state index >= 15 is 0 Å². The number of phenolic OH excluding ortho intramolecular Hbond substituents is 1. The number of rotatable bonds is 3. The molecule has 1 aromatic carbocycles. The van der Waals surface area contributed by atoms with Crippen molar-refractivity contribution < 1.29 is 14.8 Å². The SMILES string of the molecule is COc1cc([N+](=O)[O-])cc(C=S)c1O. The van der Waals surface area contributed by atoms with E-state index in [9.17, 15) is 15.2 Å². The van der Waals surface area contributed by atoms with Crippen LogP contribution in [-0.2, 0) is 0 Å². The summed E-state index contributed by atoms with van der Waals surface area (Å²) in [5, 5.41) is 21.1. The van der Waals surface area contributed by atoms with Gasteiger partial charge in [0.15, 0.2) is 11.5 Å². The number of nitrogens with zero attached hydrogens (tertiary/aromatic N) is 1. The average Bonchev–Trinajstić information content (AvgIpc) is 2.17. The topological polar surface area (TPSA) is 72.6 Å². The Bertz CT molecular complexity index is 391. The van der Waals surface area contributed by atoms with Gasteiger partial charge in [0.25, 0.3) is 5.69 Å². The fraction of sp³-hybridized carbons (Fsp3) is 0.125. The fourth-order valence-corrected chi connectivity index (χ4v) is 1.14. The molecule has 0 heterocycles. The van der Waals surface area contributed by atoms with Gasteiger partial charge in [-0.15, -0.1) is 0 Å². The number of non-ortho nitro benzene ring substituents is 1. The Morgan fingerprint density at radius 2 is 2.29 bits per heavy atom. The molecular weight excluding hydrogens is 206 g/mol. The van der Waals surface area contributed by atoms with E-state index in [1.807, 2.05) is 0 Å². The van der Waals surface area contributed by atoms with Crippen LogP contribution in [0.15, 0.2) is 12.1 Å². The molecule has 1 N–H and O–H groups in total. The van der Waals surface area contributed by atoms with E-state index in [4.69, 9.17) is 4.74 Å². The Kier molecular flexibility index (Phi) is 2.98. The van der Waals surface area contributed by atoms with Crippen LogP contribution < -0.4 is 4.74 Å². The van der Waals surface area contributed by atoms with Crippen LogP contribution in [0.5, 0.6) is 11.5 Å². The van der Waals surface area contributed by atoms with Crippen LogP contribution in [0.2, 0.25) is 0 Å². The number of hydrogen-bond donors (Lipinski definition) is 1. The summed E-state index contributed by atoms with van der Waals surface area (Å²) < 4.78 is 4.76. The molecule has 14 heavy (non-hydrogen) atoms. The minimum absolute atomic E-state index is 0.0373. The number of methoxy groups -OCH3 is 1. The van der Waals surface area contributed by atoms with E-state index in [1.54, 1.807) is 0 Å². The molecule has 0 atom stereocenters. The van der Waals surface area contributed by atoms with Crippen LogP contribution in [0, 0.1) is 10.1 Å². The first-order chi connectivity index (χ1) is 6.60. The monoisotopic (exact) mass is 213 g/mol. The van der Waals surface area contributed by atoms with Crippen molar-refractivity contribution in [2.75, 3.05) is 7.11 Å². The van der Waals surface area contributed by atoms with Crippen LogP contribution in [0.25, 0.3) is 0 Å². The van der Waals surface area contributed by atoms with Gasteiger partial charge in [0.05, 0.1) is 18.1 Å². The summed E-state index contributed by atoms with van der Waals surface area (Å²) >= 11 is 4.60. The first-order valence-electron chi connectivity index (χ1n) is 3.60. The van der Waals surface area contributed by atoms with Gasteiger partial charge in [-0.25, -0.2) is 0 Å². The van der Waals surface area contributed by atoms with Crippen molar-refractivity contribution in [3.63, 3.8) is 0 Å². The van der Waals surface area contributed by atoms with Crippen molar-refractivity contribution in [3.05, 3.63) is 27.8 Å². The summed E-state index contributed by atoms with van der Waals surface area (Å²) in [6.07, 6.45) is 0. The van der Waals surface area contributed by atoms with Gasteiger partial charge in [0, 0.05) is 17.0 Å². The van der Waals surface area contributed by atoms with Gasteiger partial charge in [-0.1, -0.05) is 12.2 Å². The molecule has 0 saturated heterocycles. The summed E-state index contributed by atoms with van der Waals surface area (Å²) in [7, 11) is 1.31. The Hall–Kier alpha value is -1.69. The van der Waals surface area contributed by atoms with Gasteiger partial charge in [0.1, 0.15) is 0 Å². The highest BCUT2D eigenvalue weighted by molar-refractivity contribution is 7.79. The molecule has 0 saturated carbocycles. The van der Waals surface area contributed by atoms with Crippen LogP contribution in [0.1, 0.15) is 5.56 Å². The third kappa shape index (κ3) is 1.80. The molecule has 0 radical (unpaired) electrons. The lowest BCUT2D eigenvalue weighted by atomic mass is 10.2. The smallest absolute Gasteiger partial charge is 0.274 e. The summed E-state index contributed by atoms with van der Waals surface area (Å²) in [5.41, 5.74) is 0.0294. The van der Waals surface area contributed by atoms with Crippen molar-refractivity contribution in [3.8, 4) is 11.5 Å². The predicted octanol–water partition coefficient (Wildman–Crippen LogP) is 1.66. The van der Waals surface area contributed by atoms with E-state index in [-0.39, 0.29) is 22.7 Å². The average molecular weight is 213 g/mol. The van der Waals surface area contributed by atoms with Crippen LogP contribution >= 0.6 is 12.2 Å². The lowest BCUT2D eigenvalue weighted by molar-refractivity contribution is -0.385. The molecule has 74 valence electrons. The number of aromatic hydroxyl groups is 1. The van der Waals surface area contributed by atoms with E-state index in [0.717, 1.165) is 11.4 Å². The molecule has 0 bridgehead atoms. The lowest BCUT2D eigenvalue weighted by Gasteiger charge is -2.05. The zero-order valence-electron chi connectivity index (χ0n) is 7.26. The standard InChI is InChI=1S/C8H7NO4S/c1-13-7-3-6(9(11)12)2-5(4-14)8(7)10/h2-4,10H,1H3. The lowest BCUT2D eigenvalue weighted by Crippen LogP contribution is -1.93. The van der Waals surface area contributed by atoms with Crippen LogP contribution in [0.3, 0.4) is 0 Å². The summed E-state index contributed by atoms with van der Waals surface area (Å²) in [5.74, 6) is -0.150. The molecule has 0 aliphatic heterocycles. The number of benzene rings is 1. The molecule has 0 spiro atoms. The van der Waals surface area contributed by atoms with Gasteiger partial charge in [-0.05, 0) is 0 Å². The highest BCUT2D eigenvalue weighted by Gasteiger charge is 2.14. The predicted molar refractivity (Wildman–Crippen MR) is 54.1 cm³/mol. The van der Waals surface area contributed by atoms with Gasteiger partial charge >= 0.3 is 0 Å². The Labute approximate surface area is 85.1 Å². The van der Waals surface area contributed by atoms with E-state index < -0.39 is 4.92 Å². The summed E-state index contributed by atoms with van der Waals surface area (Å²) in [6.45, 7) is 0. The molecule has 0 unspecified atom stereocenters. The largest absolute Gasteiger partial charge is 0.504 e. The minimum Gasteiger partial charge on any atom is -0.504 e. The van der Waals surface area contributed by atoms with Gasteiger partial charge in [0.2, 0.25) is 0 Å². The van der Waals surface area contributed by atoms with Crippen molar-refractivity contribution >= 4 is 23.3 Å². The summed E-state index contributed by atoms with van der Waals surface area (Å²) in [4.78, 5) is 9.89. The molecule has 0 aliphatic carbocycles. The highest BCUT2D eigenvalue weighted by atomic mass is 32.1. The van der Waals surface area contributed by atoms with Crippen molar-refractivity contribution in [1.29, 1.82) is 0 Å². The molecule has 0 fully saturated rings. The second kappa shape index (κ2) is 4.01. The number of phenols is 1. The Balaban J connectivity index is 3.39. The van der Waals surface area contributed by atoms with E-state index in [0.29, 0.717) is 0 Å². The maximum absolute atomic E-state index is 10.5. The first kappa shape index (κ1) is 10.4. The third-order valence-corrected chi connectivity index (χ3v) is 1.90. The van der Waals surface area contributed by atoms with Crippen LogP contribution in [0.4, 0.5) is 5.69 Å². The number of thiocarbonyl (C=S) groups is 1. The molecule has 0 aromatic heterocycles. The Morgan fingerprint density at radius 1 is 1.64 bits per heavy atom. The third-order valence-electron chi connectivity index (χ3n) is 1.65. The minimum atomic E-state index is -0.579. The first-order valence-corrected chi connectivity index (χ1v) is 4.08. The van der Waals surface area contributed by atoms with Crippen LogP contribution in [-0.4, -0.2) is 22.5 Å². The maximum atomic E-state index is 10.5. The fourth-order valence-electron chi connectivity index (χ4n) is 0.965. The van der Waals surface area contributed by atoms with Crippen molar-refractivity contribution in [2.24, 2.45) is 0 Å². The highest BCUT2D eigenvalue weighted by Crippen LogP contribution is 2.33. The number of hydrogen-bond acceptors (Lipinski definition) is 5. The molecule has 0 aliphatic rings. The Morgan fingerprint density at radius 3 is 2.71 bits per heavy atom. The van der Waals surface area contributed by atoms with Gasteiger partial charge in [-0.3, -0.25) is 10.1 Å². The zero-order chi connectivity index (χ0) is 10.7. The number of nitro benzene ring substituents is 1. The van der Waals surface area contributed by atoms with Gasteiger partial charge in [-0.2, -0.15) is 0 Å². The normalized spacial score (nSPS) is 9.50. The number of ether oxygens (including phenoxy) is 1. The molecular formula is C8H7NO4S. The second-order valence-electron chi connectivity index (χ2n) is 2.46. The van der Waals surface area contributed by atoms with Gasteiger partial charge < -0.3 is 9.84 Å². The molecule has 6 heteroatoms.